The number of phenolic OH excluding ortho intramolecular Hbond substituents is 1. The molecule has 3 aliphatic carbocycles. The van der Waals surface area contributed by atoms with Gasteiger partial charge in [0.1, 0.15) is 5.75 Å². The number of phenols is 1. The zero-order valence-electron chi connectivity index (χ0n) is 18.2. The van der Waals surface area contributed by atoms with Gasteiger partial charge in [0.2, 0.25) is 0 Å². The van der Waals surface area contributed by atoms with Gasteiger partial charge < -0.3 is 15.1 Å². The van der Waals surface area contributed by atoms with E-state index in [2.05, 4.69) is 63.1 Å². The second-order valence-electron chi connectivity index (χ2n) is 10.0. The molecule has 0 spiro atoms. The molecule has 0 aromatic heterocycles. The largest absolute Gasteiger partial charge is 0.508 e. The molecular formula is C26H35NO2. The normalized spacial score (nSPS) is 32.8. The van der Waals surface area contributed by atoms with Crippen LogP contribution in [0.1, 0.15) is 38.3 Å². The first-order valence-electron chi connectivity index (χ1n) is 11.0. The summed E-state index contributed by atoms with van der Waals surface area (Å²) in [5.41, 5.74) is 1.58. The molecule has 0 saturated heterocycles. The molecule has 0 aliphatic heterocycles. The Labute approximate surface area is 175 Å². The fraction of sp³-hybridized carbons (Fsp3) is 0.538. The van der Waals surface area contributed by atoms with Crippen LogP contribution in [0.15, 0.2) is 54.6 Å². The summed E-state index contributed by atoms with van der Waals surface area (Å²) in [6.07, 6.45) is 2.22. The standard InChI is InChI=1S/C26H35NO2/c1-18-22-16-23(25(22,2)3)24(26(18,29)20-11-8-12-21(28)15-20)17-27(4)14-13-19-9-6-5-7-10-19/h5-12,15,18,22-24,28-29H,13-14,16-17H2,1-4H3/t18-,22-,23+,24-,26-/m0/s1. The summed E-state index contributed by atoms with van der Waals surface area (Å²) in [7, 11) is 2.17. The van der Waals surface area contributed by atoms with Crippen LogP contribution in [-0.2, 0) is 12.0 Å². The molecule has 0 amide bonds. The lowest BCUT2D eigenvalue weighted by Gasteiger charge is -2.68. The first kappa shape index (κ1) is 20.4. The molecule has 3 saturated carbocycles. The van der Waals surface area contributed by atoms with Crippen LogP contribution >= 0.6 is 0 Å². The molecule has 29 heavy (non-hydrogen) atoms. The third kappa shape index (κ3) is 3.39. The van der Waals surface area contributed by atoms with Gasteiger partial charge in [-0.1, -0.05) is 63.2 Å². The average molecular weight is 394 g/mol. The van der Waals surface area contributed by atoms with Crippen molar-refractivity contribution < 1.29 is 10.2 Å². The van der Waals surface area contributed by atoms with Gasteiger partial charge in [-0.05, 0) is 66.3 Å². The van der Waals surface area contributed by atoms with Crippen LogP contribution in [0.5, 0.6) is 5.75 Å². The first-order valence-corrected chi connectivity index (χ1v) is 11.0. The Kier molecular flexibility index (Phi) is 5.25. The van der Waals surface area contributed by atoms with Gasteiger partial charge in [0, 0.05) is 19.0 Å². The summed E-state index contributed by atoms with van der Waals surface area (Å²) in [5.74, 6) is 1.57. The van der Waals surface area contributed by atoms with Gasteiger partial charge in [-0.15, -0.1) is 0 Å². The van der Waals surface area contributed by atoms with Crippen LogP contribution < -0.4 is 0 Å². The number of aromatic hydroxyl groups is 1. The Morgan fingerprint density at radius 1 is 1.03 bits per heavy atom. The van der Waals surface area contributed by atoms with Gasteiger partial charge in [-0.25, -0.2) is 0 Å². The monoisotopic (exact) mass is 393 g/mol. The molecule has 3 nitrogen and oxygen atoms in total. The molecule has 3 heteroatoms. The van der Waals surface area contributed by atoms with Crippen LogP contribution in [0, 0.1) is 29.1 Å². The maximum Gasteiger partial charge on any atom is 0.115 e. The highest BCUT2D eigenvalue weighted by atomic mass is 16.3. The first-order chi connectivity index (χ1) is 13.7. The second-order valence-corrected chi connectivity index (χ2v) is 10.0. The minimum absolute atomic E-state index is 0.153. The maximum absolute atomic E-state index is 12.1. The number of rotatable bonds is 6. The molecule has 0 heterocycles. The molecule has 5 atom stereocenters. The zero-order chi connectivity index (χ0) is 20.8. The third-order valence-corrected chi connectivity index (χ3v) is 8.21. The van der Waals surface area contributed by atoms with Gasteiger partial charge in [-0.2, -0.15) is 0 Å². The second kappa shape index (κ2) is 7.45. The molecule has 2 N–H and O–H groups in total. The summed E-state index contributed by atoms with van der Waals surface area (Å²) in [6, 6.07) is 17.9. The van der Waals surface area contributed by atoms with Crippen LogP contribution in [0.4, 0.5) is 0 Å². The Bertz CT molecular complexity index is 849. The van der Waals surface area contributed by atoms with E-state index in [9.17, 15) is 10.2 Å². The van der Waals surface area contributed by atoms with E-state index < -0.39 is 5.60 Å². The number of hydrogen-bond donors (Lipinski definition) is 2. The topological polar surface area (TPSA) is 43.7 Å². The van der Waals surface area contributed by atoms with E-state index >= 15 is 0 Å². The summed E-state index contributed by atoms with van der Waals surface area (Å²) < 4.78 is 0. The van der Waals surface area contributed by atoms with Gasteiger partial charge in [0.15, 0.2) is 0 Å². The predicted octanol–water partition coefficient (Wildman–Crippen LogP) is 4.68. The van der Waals surface area contributed by atoms with E-state index in [-0.39, 0.29) is 23.0 Å². The number of likely N-dealkylation sites (N-methyl/N-ethyl adjacent to an activating group) is 1. The minimum atomic E-state index is -0.900. The third-order valence-electron chi connectivity index (χ3n) is 8.21. The van der Waals surface area contributed by atoms with E-state index in [1.807, 2.05) is 12.1 Å². The lowest BCUT2D eigenvalue weighted by atomic mass is 9.38. The Morgan fingerprint density at radius 3 is 2.41 bits per heavy atom. The fourth-order valence-corrected chi connectivity index (χ4v) is 6.37. The van der Waals surface area contributed by atoms with Gasteiger partial charge in [0.25, 0.3) is 0 Å². The summed E-state index contributed by atoms with van der Waals surface area (Å²) in [6.45, 7) is 8.80. The van der Waals surface area contributed by atoms with Crippen molar-refractivity contribution in [3.05, 3.63) is 65.7 Å². The molecule has 5 rings (SSSR count). The molecule has 2 aromatic carbocycles. The molecule has 156 valence electrons. The van der Waals surface area contributed by atoms with Crippen LogP contribution in [-0.4, -0.2) is 35.3 Å². The summed E-state index contributed by atoms with van der Waals surface area (Å²) in [4.78, 5) is 2.38. The Balaban J connectivity index is 1.58. The number of hydrogen-bond acceptors (Lipinski definition) is 3. The van der Waals surface area contributed by atoms with Crippen molar-refractivity contribution in [3.8, 4) is 5.75 Å². The minimum Gasteiger partial charge on any atom is -0.508 e. The van der Waals surface area contributed by atoms with E-state index in [0.717, 1.165) is 25.1 Å². The number of nitrogens with zero attached hydrogens (tertiary/aromatic N) is 1. The molecule has 3 aliphatic rings. The van der Waals surface area contributed by atoms with Crippen molar-refractivity contribution in [1.82, 2.24) is 4.90 Å². The summed E-state index contributed by atoms with van der Waals surface area (Å²) >= 11 is 0. The van der Waals surface area contributed by atoms with Crippen LogP contribution in [0.25, 0.3) is 0 Å². The van der Waals surface area contributed by atoms with Crippen molar-refractivity contribution in [2.24, 2.45) is 29.1 Å². The molecule has 2 aromatic rings. The maximum atomic E-state index is 12.1. The number of benzene rings is 2. The molecule has 3 fully saturated rings. The highest BCUT2D eigenvalue weighted by Crippen LogP contribution is 2.68. The van der Waals surface area contributed by atoms with E-state index in [0.29, 0.717) is 11.8 Å². The van der Waals surface area contributed by atoms with E-state index in [1.165, 1.54) is 12.0 Å². The van der Waals surface area contributed by atoms with Gasteiger partial charge in [-0.3, -0.25) is 0 Å². The highest BCUT2D eigenvalue weighted by molar-refractivity contribution is 5.35. The van der Waals surface area contributed by atoms with Gasteiger partial charge >= 0.3 is 0 Å². The quantitative estimate of drug-likeness (QED) is 0.749. The zero-order valence-corrected chi connectivity index (χ0v) is 18.2. The van der Waals surface area contributed by atoms with E-state index in [1.54, 1.807) is 12.1 Å². The van der Waals surface area contributed by atoms with E-state index in [4.69, 9.17) is 0 Å². The highest BCUT2D eigenvalue weighted by Gasteiger charge is 2.66. The lowest BCUT2D eigenvalue weighted by Crippen LogP contribution is -2.67. The van der Waals surface area contributed by atoms with Crippen molar-refractivity contribution in [1.29, 1.82) is 0 Å². The SMILES string of the molecule is C[C@H]1[C@@H]2C[C@H]([C@H](CN(C)CCc3ccccc3)[C@@]1(O)c1cccc(O)c1)C2(C)C. The number of fused-ring (bicyclic) bond motifs is 2. The van der Waals surface area contributed by atoms with Crippen molar-refractivity contribution in [2.75, 3.05) is 20.1 Å². The van der Waals surface area contributed by atoms with Crippen LogP contribution in [0.2, 0.25) is 0 Å². The number of aliphatic hydroxyl groups is 1. The lowest BCUT2D eigenvalue weighted by molar-refractivity contribution is -0.257. The van der Waals surface area contributed by atoms with Gasteiger partial charge in [0.05, 0.1) is 5.60 Å². The molecule has 0 unspecified atom stereocenters. The molecular weight excluding hydrogens is 358 g/mol. The van der Waals surface area contributed by atoms with Crippen molar-refractivity contribution >= 4 is 0 Å². The van der Waals surface area contributed by atoms with Crippen molar-refractivity contribution in [3.63, 3.8) is 0 Å². The molecule has 0 radical (unpaired) electrons. The van der Waals surface area contributed by atoms with Crippen molar-refractivity contribution in [2.45, 2.75) is 39.2 Å². The smallest absolute Gasteiger partial charge is 0.115 e. The fourth-order valence-electron chi connectivity index (χ4n) is 6.37. The Morgan fingerprint density at radius 2 is 1.76 bits per heavy atom. The summed E-state index contributed by atoms with van der Waals surface area (Å²) in [5, 5.41) is 22.2. The average Bonchev–Trinajstić information content (AvgIpc) is 2.70. The Hall–Kier alpha value is -1.84. The predicted molar refractivity (Wildman–Crippen MR) is 118 cm³/mol. The van der Waals surface area contributed by atoms with Crippen LogP contribution in [0.3, 0.4) is 0 Å². The molecule has 2 bridgehead atoms.